The zero-order chi connectivity index (χ0) is 41.4. The molecule has 3 aromatic heterocycles. The average Bonchev–Trinajstić information content (AvgIpc) is 3.81. The minimum atomic E-state index is -4.91. The maximum Gasteiger partial charge on any atom is 0.417 e. The Kier molecular flexibility index (Phi) is 12.7. The highest BCUT2D eigenvalue weighted by Crippen LogP contribution is 2.34. The van der Waals surface area contributed by atoms with Gasteiger partial charge < -0.3 is 51.6 Å². The topological polar surface area (TPSA) is 292 Å². The summed E-state index contributed by atoms with van der Waals surface area (Å²) in [4.78, 5) is 98.6. The quantitative estimate of drug-likeness (QED) is 0.0606. The molecule has 300 valence electrons. The molecule has 0 aliphatic carbocycles. The number of imidazole rings is 1. The molecule has 0 spiro atoms. The number of fused-ring (bicyclic) bond motifs is 2. The second-order valence-electron chi connectivity index (χ2n) is 12.8. The summed E-state index contributed by atoms with van der Waals surface area (Å²) >= 11 is 0. The van der Waals surface area contributed by atoms with Crippen LogP contribution < -0.4 is 32.6 Å². The highest BCUT2D eigenvalue weighted by Gasteiger charge is 2.35. The molecule has 0 radical (unpaired) electrons. The van der Waals surface area contributed by atoms with Gasteiger partial charge in [-0.2, -0.15) is 13.2 Å². The van der Waals surface area contributed by atoms with Crippen LogP contribution in [0.5, 0.6) is 0 Å². The number of alkyl halides is 3. The number of rotatable bonds is 17. The molecule has 21 heteroatoms. The molecule has 2 aromatic carbocycles. The van der Waals surface area contributed by atoms with E-state index in [0.717, 1.165) is 29.1 Å². The number of nitrogens with zero attached hydrogens (tertiary/aromatic N) is 1. The van der Waals surface area contributed by atoms with Gasteiger partial charge in [0.15, 0.2) is 0 Å². The minimum absolute atomic E-state index is 0.0449. The number of H-pyrrole nitrogens is 2. The van der Waals surface area contributed by atoms with E-state index in [1.54, 1.807) is 12.3 Å². The molecule has 5 aromatic rings. The molecular weight excluding hydrogens is 761 g/mol. The van der Waals surface area contributed by atoms with Crippen LogP contribution in [0.2, 0.25) is 0 Å². The summed E-state index contributed by atoms with van der Waals surface area (Å²) < 4.78 is 45.4. The third-order valence-corrected chi connectivity index (χ3v) is 8.67. The number of halogens is 3. The molecule has 0 saturated heterocycles. The smallest absolute Gasteiger partial charge is 0.417 e. The van der Waals surface area contributed by atoms with Crippen LogP contribution in [0.25, 0.3) is 21.9 Å². The molecular formula is C36H35F3N8O10. The number of benzene rings is 2. The van der Waals surface area contributed by atoms with Gasteiger partial charge >= 0.3 is 23.7 Å². The molecule has 18 nitrogen and oxygen atoms in total. The van der Waals surface area contributed by atoms with Gasteiger partial charge in [0.2, 0.25) is 23.6 Å². The van der Waals surface area contributed by atoms with E-state index in [-0.39, 0.29) is 30.3 Å². The molecule has 3 heterocycles. The van der Waals surface area contributed by atoms with E-state index in [2.05, 4.69) is 36.2 Å². The lowest BCUT2D eigenvalue weighted by Gasteiger charge is -2.25. The third kappa shape index (κ3) is 10.8. The number of anilines is 1. The fourth-order valence-electron chi connectivity index (χ4n) is 5.90. The minimum Gasteiger partial charge on any atom is -0.481 e. The summed E-state index contributed by atoms with van der Waals surface area (Å²) in [5, 5.41) is 28.6. The number of nitrogens with two attached hydrogens (primary N) is 1. The number of aliphatic carboxylic acids is 2. The number of carboxylic acid groups (broad SMARTS) is 2. The van der Waals surface area contributed by atoms with Crippen molar-refractivity contribution in [3.05, 3.63) is 94.5 Å². The summed E-state index contributed by atoms with van der Waals surface area (Å²) in [7, 11) is 0. The first kappa shape index (κ1) is 41.1. The Morgan fingerprint density at radius 3 is 2.21 bits per heavy atom. The van der Waals surface area contributed by atoms with E-state index in [1.165, 1.54) is 12.5 Å². The van der Waals surface area contributed by atoms with Crippen molar-refractivity contribution in [3.63, 3.8) is 0 Å². The number of nitrogens with one attached hydrogen (secondary N) is 6. The van der Waals surface area contributed by atoms with Crippen LogP contribution in [0.1, 0.15) is 36.1 Å². The predicted molar refractivity (Wildman–Crippen MR) is 193 cm³/mol. The van der Waals surface area contributed by atoms with Gasteiger partial charge in [0.25, 0.3) is 0 Å². The fraction of sp³-hybridized carbons (Fsp3) is 0.278. The first-order valence-electron chi connectivity index (χ1n) is 17.1. The standard InChI is InChI=1S/C36H35F3N8O10/c37-36(38,39)22-12-31(52)57-28-11-18(5-6-21(22)28)44-34(55)27(13-30(50)51)47-35(56)26(10-19-15-41-16-43-19)46-33(54)25(7-8-29(48)49)45-32(53)23(40)9-17-14-42-24-4-2-1-3-20(17)24/h1-6,11-12,14-16,23,25-27,42H,7-10,13,40H2,(H,41,43)(H,44,55)(H,45,53)(H,46,54)(H,47,56)(H,48,49)(H,50,51)/t23-,25-,26-,27-/m1/s1. The summed E-state index contributed by atoms with van der Waals surface area (Å²) in [5.41, 5.74) is 4.61. The molecule has 5 rings (SSSR count). The zero-order valence-corrected chi connectivity index (χ0v) is 29.5. The van der Waals surface area contributed by atoms with E-state index in [4.69, 9.17) is 10.2 Å². The molecule has 0 saturated carbocycles. The predicted octanol–water partition coefficient (Wildman–Crippen LogP) is 1.56. The number of carbonyl (C=O) groups is 6. The average molecular weight is 797 g/mol. The van der Waals surface area contributed by atoms with Crippen molar-refractivity contribution in [2.24, 2.45) is 5.73 Å². The van der Waals surface area contributed by atoms with E-state index in [9.17, 15) is 56.9 Å². The molecule has 57 heavy (non-hydrogen) atoms. The van der Waals surface area contributed by atoms with Crippen LogP contribution in [0.15, 0.2) is 76.5 Å². The zero-order valence-electron chi connectivity index (χ0n) is 29.5. The van der Waals surface area contributed by atoms with Crippen LogP contribution >= 0.6 is 0 Å². The van der Waals surface area contributed by atoms with Crippen LogP contribution in [0.4, 0.5) is 18.9 Å². The number of para-hydroxylation sites is 1. The number of amides is 4. The second kappa shape index (κ2) is 17.6. The van der Waals surface area contributed by atoms with Crippen molar-refractivity contribution in [3.8, 4) is 0 Å². The van der Waals surface area contributed by atoms with Crippen LogP contribution in [-0.4, -0.2) is 84.9 Å². The van der Waals surface area contributed by atoms with Crippen molar-refractivity contribution in [1.82, 2.24) is 30.9 Å². The molecule has 0 bridgehead atoms. The third-order valence-electron chi connectivity index (χ3n) is 8.67. The Hall–Kier alpha value is -7.03. The van der Waals surface area contributed by atoms with E-state index in [0.29, 0.717) is 5.56 Å². The molecule has 10 N–H and O–H groups in total. The molecule has 4 atom stereocenters. The highest BCUT2D eigenvalue weighted by molar-refractivity contribution is 6.01. The van der Waals surface area contributed by atoms with Gasteiger partial charge in [0.1, 0.15) is 23.7 Å². The summed E-state index contributed by atoms with van der Waals surface area (Å²) in [6, 6.07) is 4.26. The number of aromatic amines is 2. The van der Waals surface area contributed by atoms with E-state index < -0.39 is 107 Å². The molecule has 0 fully saturated rings. The lowest BCUT2D eigenvalue weighted by atomic mass is 10.0. The van der Waals surface area contributed by atoms with E-state index in [1.807, 2.05) is 18.2 Å². The second-order valence-corrected chi connectivity index (χ2v) is 12.8. The largest absolute Gasteiger partial charge is 0.481 e. The van der Waals surface area contributed by atoms with Gasteiger partial charge in [-0.3, -0.25) is 28.8 Å². The first-order valence-corrected chi connectivity index (χ1v) is 17.1. The van der Waals surface area contributed by atoms with Crippen molar-refractivity contribution < 1.29 is 56.6 Å². The number of aromatic nitrogens is 3. The fourth-order valence-corrected chi connectivity index (χ4v) is 5.90. The normalized spacial score (nSPS) is 13.6. The van der Waals surface area contributed by atoms with Crippen molar-refractivity contribution in [2.45, 2.75) is 62.4 Å². The Morgan fingerprint density at radius 2 is 1.53 bits per heavy atom. The Balaban J connectivity index is 1.33. The van der Waals surface area contributed by atoms with Crippen molar-refractivity contribution in [1.29, 1.82) is 0 Å². The molecule has 4 amide bonds. The summed E-state index contributed by atoms with van der Waals surface area (Å²) in [6.07, 6.45) is -2.94. The van der Waals surface area contributed by atoms with Gasteiger partial charge in [0.05, 0.1) is 24.4 Å². The van der Waals surface area contributed by atoms with Gasteiger partial charge in [-0.15, -0.1) is 0 Å². The summed E-state index contributed by atoms with van der Waals surface area (Å²) in [6.45, 7) is 0. The molecule has 0 unspecified atom stereocenters. The van der Waals surface area contributed by atoms with Gasteiger partial charge in [-0.1, -0.05) is 18.2 Å². The molecule has 0 aliphatic heterocycles. The highest BCUT2D eigenvalue weighted by atomic mass is 19.4. The van der Waals surface area contributed by atoms with Crippen LogP contribution in [0, 0.1) is 0 Å². The van der Waals surface area contributed by atoms with Gasteiger partial charge in [-0.25, -0.2) is 9.78 Å². The van der Waals surface area contributed by atoms with Gasteiger partial charge in [-0.05, 0) is 36.6 Å². The Labute approximate surface area is 318 Å². The maximum atomic E-state index is 13.7. The lowest BCUT2D eigenvalue weighted by molar-refractivity contribution is -0.140. The summed E-state index contributed by atoms with van der Waals surface area (Å²) in [5.74, 6) is -6.92. The Morgan fingerprint density at radius 1 is 0.825 bits per heavy atom. The van der Waals surface area contributed by atoms with Crippen LogP contribution in [0.3, 0.4) is 0 Å². The first-order chi connectivity index (χ1) is 27.0. The monoisotopic (exact) mass is 796 g/mol. The van der Waals surface area contributed by atoms with Crippen LogP contribution in [-0.2, 0) is 47.8 Å². The number of carboxylic acids is 2. The lowest BCUT2D eigenvalue weighted by Crippen LogP contribution is -2.58. The van der Waals surface area contributed by atoms with Crippen molar-refractivity contribution in [2.75, 3.05) is 5.32 Å². The van der Waals surface area contributed by atoms with Crippen molar-refractivity contribution >= 4 is 63.1 Å². The van der Waals surface area contributed by atoms with Gasteiger partial charge in [0, 0.05) is 65.0 Å². The number of carbonyl (C=O) groups excluding carboxylic acids is 4. The Bertz CT molecular complexity index is 2360. The number of hydrogen-bond donors (Lipinski definition) is 9. The number of hydrogen-bond acceptors (Lipinski definition) is 10. The SMILES string of the molecule is N[C@H](Cc1c[nH]c2ccccc12)C(=O)N[C@H](CCC(=O)O)C(=O)N[C@H](Cc1cnc[nH]1)C(=O)N[C@H](CC(=O)O)C(=O)Nc1ccc2c(C(F)(F)F)cc(=O)oc2c1. The maximum absolute atomic E-state index is 13.7. The molecule has 0 aliphatic rings. The van der Waals surface area contributed by atoms with E-state index >= 15 is 0 Å².